The lowest BCUT2D eigenvalue weighted by Gasteiger charge is -2.35. The lowest BCUT2D eigenvalue weighted by atomic mass is 9.89. The average molecular weight is 221 g/mol. The van der Waals surface area contributed by atoms with E-state index in [1.54, 1.807) is 6.20 Å². The highest BCUT2D eigenvalue weighted by atomic mass is 16.5. The van der Waals surface area contributed by atoms with Crippen molar-refractivity contribution < 1.29 is 4.74 Å². The monoisotopic (exact) mass is 221 g/mol. The Labute approximate surface area is 96.4 Å². The zero-order valence-corrected chi connectivity index (χ0v) is 10.2. The third-order valence-electron chi connectivity index (χ3n) is 3.04. The predicted octanol–water partition coefficient (Wildman–Crippen LogP) is 2.07. The Bertz CT molecular complexity index is 361. The van der Waals surface area contributed by atoms with Crippen LogP contribution in [0.2, 0.25) is 0 Å². The van der Waals surface area contributed by atoms with E-state index in [1.165, 1.54) is 0 Å². The molecule has 2 rings (SSSR count). The highest BCUT2D eigenvalue weighted by molar-refractivity contribution is 5.35. The summed E-state index contributed by atoms with van der Waals surface area (Å²) in [6.07, 6.45) is 4.38. The zero-order chi connectivity index (χ0) is 11.5. The van der Waals surface area contributed by atoms with E-state index in [1.807, 2.05) is 20.8 Å². The molecule has 16 heavy (non-hydrogen) atoms. The van der Waals surface area contributed by atoms with Crippen LogP contribution in [0.5, 0.6) is 0 Å². The van der Waals surface area contributed by atoms with Crippen LogP contribution in [0, 0.1) is 13.8 Å². The van der Waals surface area contributed by atoms with E-state index in [0.717, 1.165) is 36.7 Å². The first-order valence-electron chi connectivity index (χ1n) is 5.87. The lowest BCUT2D eigenvalue weighted by Crippen LogP contribution is -2.41. The molecule has 0 bridgehead atoms. The summed E-state index contributed by atoms with van der Waals surface area (Å²) in [7, 11) is 0. The maximum atomic E-state index is 5.51. The van der Waals surface area contributed by atoms with Crippen molar-refractivity contribution in [2.24, 2.45) is 0 Å². The summed E-state index contributed by atoms with van der Waals surface area (Å²) < 4.78 is 5.51. The standard InChI is InChI=1S/C12H19N3O/c1-4-16-11-5-10(6-11)15-12-7-13-8(2)9(3)14-12/h7,10-11H,4-6H2,1-3H3,(H,14,15). The van der Waals surface area contributed by atoms with Crippen LogP contribution in [0.3, 0.4) is 0 Å². The van der Waals surface area contributed by atoms with E-state index in [2.05, 4.69) is 15.3 Å². The molecule has 0 saturated heterocycles. The Morgan fingerprint density at radius 3 is 2.75 bits per heavy atom. The number of hydrogen-bond acceptors (Lipinski definition) is 4. The topological polar surface area (TPSA) is 47.0 Å². The van der Waals surface area contributed by atoms with Crippen LogP contribution in [0.1, 0.15) is 31.2 Å². The van der Waals surface area contributed by atoms with Gasteiger partial charge in [-0.25, -0.2) is 4.98 Å². The van der Waals surface area contributed by atoms with Gasteiger partial charge in [0.25, 0.3) is 0 Å². The molecule has 0 aromatic carbocycles. The van der Waals surface area contributed by atoms with E-state index >= 15 is 0 Å². The molecule has 0 atom stereocenters. The van der Waals surface area contributed by atoms with Crippen LogP contribution in [0.4, 0.5) is 5.82 Å². The molecule has 0 spiro atoms. The minimum atomic E-state index is 0.432. The Morgan fingerprint density at radius 1 is 1.38 bits per heavy atom. The summed E-state index contributed by atoms with van der Waals surface area (Å²) in [4.78, 5) is 8.74. The largest absolute Gasteiger partial charge is 0.378 e. The van der Waals surface area contributed by atoms with Gasteiger partial charge >= 0.3 is 0 Å². The number of nitrogens with zero attached hydrogens (tertiary/aromatic N) is 2. The highest BCUT2D eigenvalue weighted by Crippen LogP contribution is 2.26. The number of hydrogen-bond donors (Lipinski definition) is 1. The second-order valence-electron chi connectivity index (χ2n) is 4.32. The first-order valence-corrected chi connectivity index (χ1v) is 5.87. The third-order valence-corrected chi connectivity index (χ3v) is 3.04. The van der Waals surface area contributed by atoms with Crippen molar-refractivity contribution in [3.05, 3.63) is 17.6 Å². The fourth-order valence-electron chi connectivity index (χ4n) is 1.88. The molecule has 0 unspecified atom stereocenters. The van der Waals surface area contributed by atoms with Gasteiger partial charge in [-0.15, -0.1) is 0 Å². The van der Waals surface area contributed by atoms with Gasteiger partial charge in [-0.05, 0) is 33.6 Å². The van der Waals surface area contributed by atoms with E-state index in [4.69, 9.17) is 4.74 Å². The molecule has 1 aliphatic carbocycles. The van der Waals surface area contributed by atoms with Gasteiger partial charge in [-0.3, -0.25) is 4.98 Å². The van der Waals surface area contributed by atoms with Gasteiger partial charge in [0, 0.05) is 12.6 Å². The molecular weight excluding hydrogens is 202 g/mol. The molecule has 0 radical (unpaired) electrons. The Morgan fingerprint density at radius 2 is 2.12 bits per heavy atom. The van der Waals surface area contributed by atoms with Crippen molar-refractivity contribution in [1.29, 1.82) is 0 Å². The van der Waals surface area contributed by atoms with Crippen molar-refractivity contribution in [1.82, 2.24) is 9.97 Å². The smallest absolute Gasteiger partial charge is 0.145 e. The van der Waals surface area contributed by atoms with Crippen LogP contribution < -0.4 is 5.32 Å². The second-order valence-corrected chi connectivity index (χ2v) is 4.32. The summed E-state index contributed by atoms with van der Waals surface area (Å²) >= 11 is 0. The molecule has 1 N–H and O–H groups in total. The van der Waals surface area contributed by atoms with Gasteiger partial charge in [0.15, 0.2) is 0 Å². The summed E-state index contributed by atoms with van der Waals surface area (Å²) in [5, 5.41) is 3.38. The number of nitrogens with one attached hydrogen (secondary N) is 1. The molecule has 1 fully saturated rings. The van der Waals surface area contributed by atoms with Gasteiger partial charge in [0.2, 0.25) is 0 Å². The average Bonchev–Trinajstić information content (AvgIpc) is 2.20. The SMILES string of the molecule is CCOC1CC(Nc2cnc(C)c(C)n2)C1. The first kappa shape index (κ1) is 11.3. The van der Waals surface area contributed by atoms with Gasteiger partial charge in [-0.1, -0.05) is 0 Å². The number of anilines is 1. The summed E-state index contributed by atoms with van der Waals surface area (Å²) in [5.41, 5.74) is 1.98. The summed E-state index contributed by atoms with van der Waals surface area (Å²) in [6, 6.07) is 0.493. The molecule has 0 amide bonds. The van der Waals surface area contributed by atoms with E-state index in [-0.39, 0.29) is 0 Å². The van der Waals surface area contributed by atoms with Gasteiger partial charge < -0.3 is 10.1 Å². The van der Waals surface area contributed by atoms with Gasteiger partial charge in [0.05, 0.1) is 23.7 Å². The minimum Gasteiger partial charge on any atom is -0.378 e. The van der Waals surface area contributed by atoms with E-state index in [0.29, 0.717) is 12.1 Å². The number of aromatic nitrogens is 2. The van der Waals surface area contributed by atoms with Crippen LogP contribution in [-0.2, 0) is 4.74 Å². The van der Waals surface area contributed by atoms with Crippen LogP contribution in [-0.4, -0.2) is 28.7 Å². The molecule has 1 heterocycles. The van der Waals surface area contributed by atoms with Crippen molar-refractivity contribution in [2.45, 2.75) is 45.8 Å². The molecule has 1 aromatic rings. The van der Waals surface area contributed by atoms with Crippen molar-refractivity contribution in [3.63, 3.8) is 0 Å². The maximum Gasteiger partial charge on any atom is 0.145 e. The van der Waals surface area contributed by atoms with Crippen molar-refractivity contribution in [2.75, 3.05) is 11.9 Å². The highest BCUT2D eigenvalue weighted by Gasteiger charge is 2.29. The summed E-state index contributed by atoms with van der Waals surface area (Å²) in [5.74, 6) is 0.878. The second kappa shape index (κ2) is 4.78. The Kier molecular flexibility index (Phi) is 3.39. The molecule has 4 heteroatoms. The van der Waals surface area contributed by atoms with E-state index in [9.17, 15) is 0 Å². The molecule has 1 aliphatic rings. The Hall–Kier alpha value is -1.16. The van der Waals surface area contributed by atoms with Gasteiger partial charge in [-0.2, -0.15) is 0 Å². The van der Waals surface area contributed by atoms with Crippen molar-refractivity contribution >= 4 is 5.82 Å². The number of aryl methyl sites for hydroxylation is 2. The molecule has 4 nitrogen and oxygen atoms in total. The van der Waals surface area contributed by atoms with Crippen LogP contribution in [0.15, 0.2) is 6.20 Å². The molecule has 1 aromatic heterocycles. The molecule has 1 saturated carbocycles. The maximum absolute atomic E-state index is 5.51. The number of rotatable bonds is 4. The minimum absolute atomic E-state index is 0.432. The fourth-order valence-corrected chi connectivity index (χ4v) is 1.88. The van der Waals surface area contributed by atoms with Gasteiger partial charge in [0.1, 0.15) is 5.82 Å². The third kappa shape index (κ3) is 2.50. The predicted molar refractivity (Wildman–Crippen MR) is 63.6 cm³/mol. The lowest BCUT2D eigenvalue weighted by molar-refractivity contribution is 0.00292. The first-order chi connectivity index (χ1) is 7.69. The van der Waals surface area contributed by atoms with Crippen LogP contribution in [0.25, 0.3) is 0 Å². The fraction of sp³-hybridized carbons (Fsp3) is 0.667. The zero-order valence-electron chi connectivity index (χ0n) is 10.2. The normalized spacial score (nSPS) is 23.9. The van der Waals surface area contributed by atoms with Crippen LogP contribution >= 0.6 is 0 Å². The molecular formula is C12H19N3O. The number of ether oxygens (including phenoxy) is 1. The quantitative estimate of drug-likeness (QED) is 0.845. The van der Waals surface area contributed by atoms with E-state index < -0.39 is 0 Å². The van der Waals surface area contributed by atoms with Crippen molar-refractivity contribution in [3.8, 4) is 0 Å². The molecule has 88 valence electrons. The summed E-state index contributed by atoms with van der Waals surface area (Å²) in [6.45, 7) is 6.80. The molecule has 0 aliphatic heterocycles. The Balaban J connectivity index is 1.84.